The van der Waals surface area contributed by atoms with Gasteiger partial charge in [0.05, 0.1) is 4.92 Å². The van der Waals surface area contributed by atoms with Crippen molar-refractivity contribution in [2.24, 2.45) is 0 Å². The number of nitro benzene ring substituents is 1. The topological polar surface area (TPSA) is 72.4 Å². The maximum Gasteiger partial charge on any atom is 0.292 e. The van der Waals surface area contributed by atoms with E-state index < -0.39 is 4.92 Å². The van der Waals surface area contributed by atoms with Crippen molar-refractivity contribution in [3.8, 4) is 0 Å². The lowest BCUT2D eigenvalue weighted by atomic mass is 10.1. The Morgan fingerprint density at radius 2 is 2.05 bits per heavy atom. The maximum absolute atomic E-state index is 10.7. The van der Waals surface area contributed by atoms with Gasteiger partial charge in [0, 0.05) is 23.3 Å². The molecule has 5 nitrogen and oxygen atoms in total. The van der Waals surface area contributed by atoms with Crippen LogP contribution in [0, 0.1) is 10.1 Å². The fraction of sp³-hybridized carbons (Fsp3) is 0.538. The average molecular weight is 281 g/mol. The first kappa shape index (κ1) is 14.1. The van der Waals surface area contributed by atoms with E-state index in [0.717, 1.165) is 17.2 Å². The van der Waals surface area contributed by atoms with Crippen molar-refractivity contribution in [2.75, 3.05) is 31.1 Å². The highest BCUT2D eigenvalue weighted by Crippen LogP contribution is 2.27. The molecular weight excluding hydrogens is 262 g/mol. The summed E-state index contributed by atoms with van der Waals surface area (Å²) in [6.45, 7) is 3.47. The Morgan fingerprint density at radius 1 is 1.32 bits per heavy atom. The molecule has 104 valence electrons. The second-order valence-corrected chi connectivity index (χ2v) is 5.90. The molecule has 1 aromatic rings. The zero-order valence-electron chi connectivity index (χ0n) is 10.9. The van der Waals surface area contributed by atoms with Crippen LogP contribution in [-0.4, -0.2) is 35.2 Å². The smallest absolute Gasteiger partial charge is 0.292 e. The monoisotopic (exact) mass is 281 g/mol. The predicted octanol–water partition coefficient (Wildman–Crippen LogP) is 2.76. The molecule has 2 rings (SSSR count). The van der Waals surface area contributed by atoms with E-state index in [1.807, 2.05) is 0 Å². The summed E-state index contributed by atoms with van der Waals surface area (Å²) >= 11 is 1.70. The molecule has 1 saturated heterocycles. The number of nitrogens with two attached hydrogens (primary N) is 1. The number of nitro groups is 1. The normalized spacial score (nSPS) is 16.4. The number of likely N-dealkylation sites (tertiary alicyclic amines) is 1. The quantitative estimate of drug-likeness (QED) is 0.389. The third-order valence-electron chi connectivity index (χ3n) is 3.32. The summed E-state index contributed by atoms with van der Waals surface area (Å²) in [7, 11) is 0. The summed E-state index contributed by atoms with van der Waals surface area (Å²) in [6, 6.07) is 4.95. The van der Waals surface area contributed by atoms with Gasteiger partial charge in [0.1, 0.15) is 5.69 Å². The molecule has 1 heterocycles. The third kappa shape index (κ3) is 4.11. The highest BCUT2D eigenvalue weighted by molar-refractivity contribution is 7.99. The molecule has 2 N–H and O–H groups in total. The third-order valence-corrected chi connectivity index (χ3v) is 4.29. The molecule has 0 aliphatic carbocycles. The van der Waals surface area contributed by atoms with E-state index in [1.165, 1.54) is 38.4 Å². The van der Waals surface area contributed by atoms with Crippen LogP contribution in [0.1, 0.15) is 19.3 Å². The molecule has 0 amide bonds. The first-order chi connectivity index (χ1) is 9.16. The minimum absolute atomic E-state index is 0.0135. The summed E-state index contributed by atoms with van der Waals surface area (Å²) in [5, 5.41) is 10.7. The second kappa shape index (κ2) is 6.77. The highest BCUT2D eigenvalue weighted by atomic mass is 32.2. The summed E-state index contributed by atoms with van der Waals surface area (Å²) < 4.78 is 0. The largest absolute Gasteiger partial charge is 0.393 e. The summed E-state index contributed by atoms with van der Waals surface area (Å²) in [4.78, 5) is 13.7. The Labute approximate surface area is 117 Å². The van der Waals surface area contributed by atoms with Gasteiger partial charge in [0.25, 0.3) is 5.69 Å². The fourth-order valence-corrected chi connectivity index (χ4v) is 3.22. The zero-order valence-corrected chi connectivity index (χ0v) is 11.7. The number of benzene rings is 1. The van der Waals surface area contributed by atoms with Crippen LogP contribution in [0.4, 0.5) is 11.4 Å². The Bertz CT molecular complexity index is 448. The van der Waals surface area contributed by atoms with Gasteiger partial charge in [-0.15, -0.1) is 11.8 Å². The van der Waals surface area contributed by atoms with E-state index in [4.69, 9.17) is 5.73 Å². The molecule has 1 aromatic carbocycles. The van der Waals surface area contributed by atoms with Crippen LogP contribution in [0.3, 0.4) is 0 Å². The number of thioether (sulfide) groups is 1. The van der Waals surface area contributed by atoms with Gasteiger partial charge in [-0.25, -0.2) is 0 Å². The molecular formula is C13H19N3O2S. The number of anilines is 1. The predicted molar refractivity (Wildman–Crippen MR) is 78.5 cm³/mol. The second-order valence-electron chi connectivity index (χ2n) is 4.73. The fourth-order valence-electron chi connectivity index (χ4n) is 2.26. The van der Waals surface area contributed by atoms with Gasteiger partial charge in [-0.2, -0.15) is 0 Å². The lowest BCUT2D eigenvalue weighted by Crippen LogP contribution is -2.31. The van der Waals surface area contributed by atoms with E-state index in [1.54, 1.807) is 23.9 Å². The summed E-state index contributed by atoms with van der Waals surface area (Å²) in [6.07, 6.45) is 3.95. The van der Waals surface area contributed by atoms with Crippen LogP contribution in [0.25, 0.3) is 0 Å². The van der Waals surface area contributed by atoms with Gasteiger partial charge in [0.15, 0.2) is 0 Å². The van der Waals surface area contributed by atoms with Crippen molar-refractivity contribution in [3.05, 3.63) is 28.3 Å². The summed E-state index contributed by atoms with van der Waals surface area (Å²) in [5.41, 5.74) is 5.90. The molecule has 19 heavy (non-hydrogen) atoms. The Kier molecular flexibility index (Phi) is 5.04. The van der Waals surface area contributed by atoms with Crippen LogP contribution >= 0.6 is 11.8 Å². The standard InChI is InChI=1S/C13H19N3O2S/c14-12-10-11(4-5-13(12)16(17)18)19-9-8-15-6-2-1-3-7-15/h4-5,10H,1-3,6-9,14H2. The molecule has 0 unspecified atom stereocenters. The van der Waals surface area contributed by atoms with Gasteiger partial charge in [-0.05, 0) is 38.1 Å². The minimum Gasteiger partial charge on any atom is -0.393 e. The van der Waals surface area contributed by atoms with Gasteiger partial charge in [-0.3, -0.25) is 10.1 Å². The van der Waals surface area contributed by atoms with Crippen LogP contribution in [0.15, 0.2) is 23.1 Å². The first-order valence-corrected chi connectivity index (χ1v) is 7.54. The molecule has 0 radical (unpaired) electrons. The minimum atomic E-state index is -0.447. The van der Waals surface area contributed by atoms with Crippen molar-refractivity contribution in [1.82, 2.24) is 4.90 Å². The first-order valence-electron chi connectivity index (χ1n) is 6.56. The van der Waals surface area contributed by atoms with E-state index in [-0.39, 0.29) is 11.4 Å². The number of hydrogen-bond donors (Lipinski definition) is 1. The van der Waals surface area contributed by atoms with Crippen molar-refractivity contribution < 1.29 is 4.92 Å². The van der Waals surface area contributed by atoms with Crippen LogP contribution in [0.5, 0.6) is 0 Å². The van der Waals surface area contributed by atoms with Crippen molar-refractivity contribution in [1.29, 1.82) is 0 Å². The van der Waals surface area contributed by atoms with Gasteiger partial charge >= 0.3 is 0 Å². The molecule has 6 heteroatoms. The van der Waals surface area contributed by atoms with Gasteiger partial charge < -0.3 is 10.6 Å². The lowest BCUT2D eigenvalue weighted by molar-refractivity contribution is -0.383. The van der Waals surface area contributed by atoms with Gasteiger partial charge in [-0.1, -0.05) is 6.42 Å². The molecule has 1 aliphatic rings. The van der Waals surface area contributed by atoms with Crippen molar-refractivity contribution in [2.45, 2.75) is 24.2 Å². The zero-order chi connectivity index (χ0) is 13.7. The Morgan fingerprint density at radius 3 is 2.68 bits per heavy atom. The number of piperidine rings is 1. The molecule has 1 aliphatic heterocycles. The number of hydrogen-bond acceptors (Lipinski definition) is 5. The molecule has 0 bridgehead atoms. The lowest BCUT2D eigenvalue weighted by Gasteiger charge is -2.26. The van der Waals surface area contributed by atoms with Crippen molar-refractivity contribution >= 4 is 23.1 Å². The van der Waals surface area contributed by atoms with Crippen LogP contribution in [0.2, 0.25) is 0 Å². The molecule has 0 aromatic heterocycles. The van der Waals surface area contributed by atoms with E-state index in [9.17, 15) is 10.1 Å². The number of nitrogens with zero attached hydrogens (tertiary/aromatic N) is 2. The molecule has 0 saturated carbocycles. The molecule has 1 fully saturated rings. The SMILES string of the molecule is Nc1cc(SCCN2CCCCC2)ccc1[N+](=O)[O-]. The Hall–Kier alpha value is -1.27. The van der Waals surface area contributed by atoms with E-state index in [2.05, 4.69) is 4.90 Å². The van der Waals surface area contributed by atoms with Crippen LogP contribution in [-0.2, 0) is 0 Å². The Balaban J connectivity index is 1.82. The van der Waals surface area contributed by atoms with Gasteiger partial charge in [0.2, 0.25) is 0 Å². The number of rotatable bonds is 5. The van der Waals surface area contributed by atoms with E-state index >= 15 is 0 Å². The number of nitrogen functional groups attached to an aromatic ring is 1. The highest BCUT2D eigenvalue weighted by Gasteiger charge is 2.12. The molecule has 0 spiro atoms. The average Bonchev–Trinajstić information content (AvgIpc) is 2.39. The maximum atomic E-state index is 10.7. The summed E-state index contributed by atoms with van der Waals surface area (Å²) in [5.74, 6) is 0.997. The molecule has 0 atom stereocenters. The van der Waals surface area contributed by atoms with Crippen LogP contribution < -0.4 is 5.73 Å². The van der Waals surface area contributed by atoms with Crippen molar-refractivity contribution in [3.63, 3.8) is 0 Å². The van der Waals surface area contributed by atoms with E-state index in [0.29, 0.717) is 0 Å².